The summed E-state index contributed by atoms with van der Waals surface area (Å²) in [5.41, 5.74) is 6.44. The van der Waals surface area contributed by atoms with Gasteiger partial charge in [0.25, 0.3) is 0 Å². The standard InChI is InChI=1S/C5H6BN3/c1-3-5(7)8-2-4(6)9-3/h2H,1H3,(H2,7,8). The van der Waals surface area contributed by atoms with E-state index in [2.05, 4.69) is 9.97 Å². The first-order chi connectivity index (χ1) is 4.20. The molecule has 0 spiro atoms. The van der Waals surface area contributed by atoms with Crippen LogP contribution in [-0.2, 0) is 0 Å². The fraction of sp³-hybridized carbons (Fsp3) is 0.200. The van der Waals surface area contributed by atoms with Crippen molar-refractivity contribution in [3.05, 3.63) is 11.9 Å². The van der Waals surface area contributed by atoms with Gasteiger partial charge in [-0.2, -0.15) is 0 Å². The fourth-order valence-corrected chi connectivity index (χ4v) is 0.509. The van der Waals surface area contributed by atoms with Gasteiger partial charge in [-0.1, -0.05) is 0 Å². The Labute approximate surface area is 54.7 Å². The molecule has 9 heavy (non-hydrogen) atoms. The monoisotopic (exact) mass is 119 g/mol. The quantitative estimate of drug-likeness (QED) is 0.453. The molecule has 0 bridgehead atoms. The molecule has 3 nitrogen and oxygen atoms in total. The van der Waals surface area contributed by atoms with Gasteiger partial charge in [-0.05, 0) is 6.92 Å². The highest BCUT2D eigenvalue weighted by atomic mass is 14.9. The molecular weight excluding hydrogens is 113 g/mol. The molecule has 0 aliphatic heterocycles. The minimum Gasteiger partial charge on any atom is -0.382 e. The average Bonchev–Trinajstić information content (AvgIpc) is 1.80. The molecular formula is C5H6BN3. The second-order valence-electron chi connectivity index (χ2n) is 1.77. The number of hydrogen-bond acceptors (Lipinski definition) is 3. The predicted molar refractivity (Wildman–Crippen MR) is 36.6 cm³/mol. The summed E-state index contributed by atoms with van der Waals surface area (Å²) in [6.45, 7) is 1.76. The van der Waals surface area contributed by atoms with Crippen molar-refractivity contribution in [2.75, 3.05) is 5.73 Å². The van der Waals surface area contributed by atoms with Crippen LogP contribution in [0.4, 0.5) is 5.82 Å². The van der Waals surface area contributed by atoms with Crippen LogP contribution >= 0.6 is 0 Å². The van der Waals surface area contributed by atoms with Gasteiger partial charge in [-0.3, -0.25) is 4.98 Å². The van der Waals surface area contributed by atoms with Gasteiger partial charge in [0.15, 0.2) is 0 Å². The van der Waals surface area contributed by atoms with Crippen LogP contribution in [0.3, 0.4) is 0 Å². The molecule has 0 unspecified atom stereocenters. The Morgan fingerprint density at radius 2 is 2.33 bits per heavy atom. The third kappa shape index (κ3) is 1.19. The van der Waals surface area contributed by atoms with Crippen molar-refractivity contribution in [2.45, 2.75) is 6.92 Å². The minimum absolute atomic E-state index is 0.404. The van der Waals surface area contributed by atoms with Crippen LogP contribution in [0.25, 0.3) is 0 Å². The lowest BCUT2D eigenvalue weighted by Gasteiger charge is -1.96. The zero-order chi connectivity index (χ0) is 6.85. The van der Waals surface area contributed by atoms with E-state index >= 15 is 0 Å². The number of anilines is 1. The molecule has 0 atom stereocenters. The third-order valence-corrected chi connectivity index (χ3v) is 1.00. The van der Waals surface area contributed by atoms with Gasteiger partial charge in [-0.15, -0.1) is 0 Å². The number of rotatable bonds is 0. The lowest BCUT2D eigenvalue weighted by atomic mass is 10.1. The maximum atomic E-state index is 5.36. The van der Waals surface area contributed by atoms with Gasteiger partial charge in [0.05, 0.1) is 5.69 Å². The van der Waals surface area contributed by atoms with Crippen LogP contribution in [0.2, 0.25) is 0 Å². The van der Waals surface area contributed by atoms with Crippen molar-refractivity contribution in [3.8, 4) is 0 Å². The molecule has 1 heterocycles. The highest BCUT2D eigenvalue weighted by molar-refractivity contribution is 6.30. The van der Waals surface area contributed by atoms with Crippen LogP contribution in [0.15, 0.2) is 6.20 Å². The summed E-state index contributed by atoms with van der Waals surface area (Å²) in [6.07, 6.45) is 1.43. The molecule has 0 amide bonds. The maximum Gasteiger partial charge on any atom is 0.144 e. The molecule has 0 fully saturated rings. The first-order valence-electron chi connectivity index (χ1n) is 2.55. The summed E-state index contributed by atoms with van der Waals surface area (Å²) in [5.74, 6) is 0.434. The third-order valence-electron chi connectivity index (χ3n) is 1.00. The molecule has 0 aromatic carbocycles. The number of hydrogen-bond donors (Lipinski definition) is 1. The van der Waals surface area contributed by atoms with Gasteiger partial charge in [0, 0.05) is 11.8 Å². The Morgan fingerprint density at radius 1 is 1.67 bits per heavy atom. The van der Waals surface area contributed by atoms with E-state index in [0.717, 1.165) is 0 Å². The molecule has 1 rings (SSSR count). The largest absolute Gasteiger partial charge is 0.382 e. The molecule has 0 saturated carbocycles. The summed E-state index contributed by atoms with van der Waals surface area (Å²) < 4.78 is 0. The van der Waals surface area contributed by atoms with Gasteiger partial charge in [0.2, 0.25) is 0 Å². The molecule has 4 heteroatoms. The molecule has 1 aromatic rings. The molecule has 2 radical (unpaired) electrons. The Bertz CT molecular complexity index is 223. The van der Waals surface area contributed by atoms with E-state index < -0.39 is 0 Å². The van der Waals surface area contributed by atoms with Crippen LogP contribution in [0, 0.1) is 6.92 Å². The van der Waals surface area contributed by atoms with Gasteiger partial charge in [-0.25, -0.2) is 4.98 Å². The average molecular weight is 119 g/mol. The minimum atomic E-state index is 0.404. The van der Waals surface area contributed by atoms with E-state index in [-0.39, 0.29) is 0 Å². The normalized spacial score (nSPS) is 9.44. The second kappa shape index (κ2) is 2.05. The fourth-order valence-electron chi connectivity index (χ4n) is 0.509. The number of nitrogen functional groups attached to an aromatic ring is 1. The molecule has 44 valence electrons. The SMILES string of the molecule is [B]c1cnc(N)c(C)n1. The zero-order valence-corrected chi connectivity index (χ0v) is 5.13. The first-order valence-corrected chi connectivity index (χ1v) is 2.55. The first kappa shape index (κ1) is 6.07. The highest BCUT2D eigenvalue weighted by Gasteiger charge is 1.92. The lowest BCUT2D eigenvalue weighted by molar-refractivity contribution is 1.16. The number of aryl methyl sites for hydroxylation is 1. The Morgan fingerprint density at radius 3 is 2.78 bits per heavy atom. The van der Waals surface area contributed by atoms with Crippen LogP contribution in [0.1, 0.15) is 5.69 Å². The lowest BCUT2D eigenvalue weighted by Crippen LogP contribution is -2.12. The molecule has 0 aliphatic carbocycles. The van der Waals surface area contributed by atoms with Crippen molar-refractivity contribution in [2.24, 2.45) is 0 Å². The number of aromatic nitrogens is 2. The van der Waals surface area contributed by atoms with Crippen molar-refractivity contribution in [1.82, 2.24) is 9.97 Å². The van der Waals surface area contributed by atoms with Crippen molar-refractivity contribution >= 4 is 19.3 Å². The van der Waals surface area contributed by atoms with E-state index in [1.807, 2.05) is 0 Å². The van der Waals surface area contributed by atoms with Crippen molar-refractivity contribution < 1.29 is 0 Å². The summed E-state index contributed by atoms with van der Waals surface area (Å²) in [4.78, 5) is 7.63. The Kier molecular flexibility index (Phi) is 1.38. The van der Waals surface area contributed by atoms with Crippen LogP contribution < -0.4 is 11.3 Å². The second-order valence-corrected chi connectivity index (χ2v) is 1.77. The van der Waals surface area contributed by atoms with Gasteiger partial charge >= 0.3 is 0 Å². The summed E-state index contributed by atoms with van der Waals surface area (Å²) >= 11 is 0. The Hall–Kier alpha value is -1.06. The topological polar surface area (TPSA) is 51.8 Å². The smallest absolute Gasteiger partial charge is 0.144 e. The molecule has 0 aliphatic rings. The van der Waals surface area contributed by atoms with E-state index in [1.165, 1.54) is 6.20 Å². The number of nitrogens with two attached hydrogens (primary N) is 1. The van der Waals surface area contributed by atoms with Crippen molar-refractivity contribution in [3.63, 3.8) is 0 Å². The summed E-state index contributed by atoms with van der Waals surface area (Å²) in [5, 5.41) is 0. The predicted octanol–water partition coefficient (Wildman–Crippen LogP) is -0.839. The Balaban J connectivity index is 3.17. The summed E-state index contributed by atoms with van der Waals surface area (Å²) in [7, 11) is 5.30. The van der Waals surface area contributed by atoms with E-state index in [4.69, 9.17) is 13.6 Å². The molecule has 1 aromatic heterocycles. The molecule has 0 saturated heterocycles. The van der Waals surface area contributed by atoms with Crippen LogP contribution in [0.5, 0.6) is 0 Å². The zero-order valence-electron chi connectivity index (χ0n) is 5.13. The number of nitrogens with zero attached hydrogens (tertiary/aromatic N) is 2. The van der Waals surface area contributed by atoms with Gasteiger partial charge in [0.1, 0.15) is 13.7 Å². The van der Waals surface area contributed by atoms with Crippen LogP contribution in [-0.4, -0.2) is 17.8 Å². The maximum absolute atomic E-state index is 5.36. The molecule has 2 N–H and O–H groups in total. The van der Waals surface area contributed by atoms with Crippen molar-refractivity contribution in [1.29, 1.82) is 0 Å². The summed E-state index contributed by atoms with van der Waals surface area (Å²) in [6, 6.07) is 0. The highest BCUT2D eigenvalue weighted by Crippen LogP contribution is 1.96. The van der Waals surface area contributed by atoms with E-state index in [9.17, 15) is 0 Å². The van der Waals surface area contributed by atoms with E-state index in [1.54, 1.807) is 6.92 Å². The van der Waals surface area contributed by atoms with Gasteiger partial charge < -0.3 is 5.73 Å². The van der Waals surface area contributed by atoms with E-state index in [0.29, 0.717) is 17.1 Å².